The monoisotopic (exact) mass is 276 g/mol. The lowest BCUT2D eigenvalue weighted by atomic mass is 10.00. The van der Waals surface area contributed by atoms with Crippen LogP contribution in [-0.2, 0) is 14.3 Å². The first-order valence-electron chi connectivity index (χ1n) is 6.32. The maximum atomic E-state index is 11.5. The van der Waals surface area contributed by atoms with E-state index < -0.39 is 17.5 Å². The number of hydrogen-bond donors (Lipinski definition) is 3. The van der Waals surface area contributed by atoms with Crippen LogP contribution in [0.1, 0.15) is 26.7 Å². The van der Waals surface area contributed by atoms with Gasteiger partial charge in [-0.1, -0.05) is 6.92 Å². The molecule has 1 unspecified atom stereocenters. The van der Waals surface area contributed by atoms with E-state index in [4.69, 9.17) is 14.6 Å². The molecule has 0 saturated carbocycles. The summed E-state index contributed by atoms with van der Waals surface area (Å²) in [7, 11) is 1.62. The summed E-state index contributed by atoms with van der Waals surface area (Å²) in [5, 5.41) is 14.0. The number of nitrogens with one attached hydrogen (secondary N) is 2. The van der Waals surface area contributed by atoms with Gasteiger partial charge in [0.15, 0.2) is 0 Å². The summed E-state index contributed by atoms with van der Waals surface area (Å²) in [6.07, 6.45) is 1.11. The fourth-order valence-electron chi connectivity index (χ4n) is 1.23. The molecule has 0 aromatic heterocycles. The van der Waals surface area contributed by atoms with Crippen molar-refractivity contribution in [3.8, 4) is 0 Å². The number of ether oxygens (including phenoxy) is 2. The van der Waals surface area contributed by atoms with E-state index in [1.807, 2.05) is 0 Å². The first kappa shape index (κ1) is 17.7. The average molecular weight is 276 g/mol. The van der Waals surface area contributed by atoms with Crippen molar-refractivity contribution >= 4 is 12.0 Å². The molecular formula is C12H24N2O5. The quantitative estimate of drug-likeness (QED) is 0.507. The van der Waals surface area contributed by atoms with Crippen LogP contribution in [0.2, 0.25) is 0 Å². The molecule has 0 aromatic rings. The van der Waals surface area contributed by atoms with Crippen LogP contribution < -0.4 is 10.6 Å². The summed E-state index contributed by atoms with van der Waals surface area (Å²) in [5.74, 6) is -1.05. The second-order valence-corrected chi connectivity index (χ2v) is 4.33. The van der Waals surface area contributed by atoms with Gasteiger partial charge in [-0.05, 0) is 19.8 Å². The number of methoxy groups -OCH3 is 1. The van der Waals surface area contributed by atoms with Crippen LogP contribution in [0, 0.1) is 0 Å². The summed E-state index contributed by atoms with van der Waals surface area (Å²) in [5.41, 5.74) is -1.25. The summed E-state index contributed by atoms with van der Waals surface area (Å²) < 4.78 is 10.1. The fourth-order valence-corrected chi connectivity index (χ4v) is 1.23. The molecule has 0 aliphatic heterocycles. The molecule has 0 heterocycles. The number of carboxylic acid groups (broad SMARTS) is 1. The molecule has 0 rings (SSSR count). The van der Waals surface area contributed by atoms with Crippen molar-refractivity contribution in [1.29, 1.82) is 0 Å². The van der Waals surface area contributed by atoms with Gasteiger partial charge in [0.05, 0.1) is 6.61 Å². The Balaban J connectivity index is 3.73. The second-order valence-electron chi connectivity index (χ2n) is 4.33. The first-order chi connectivity index (χ1) is 8.96. The van der Waals surface area contributed by atoms with Gasteiger partial charge in [-0.25, -0.2) is 9.59 Å². The van der Waals surface area contributed by atoms with Gasteiger partial charge < -0.3 is 25.2 Å². The third-order valence-corrected chi connectivity index (χ3v) is 2.74. The molecule has 0 aliphatic rings. The SMILES string of the molecule is CCC(C)(NC(=O)NCCOCCCOC)C(=O)O. The Kier molecular flexibility index (Phi) is 8.90. The van der Waals surface area contributed by atoms with E-state index >= 15 is 0 Å². The molecule has 7 nitrogen and oxygen atoms in total. The van der Waals surface area contributed by atoms with Crippen molar-refractivity contribution in [3.63, 3.8) is 0 Å². The highest BCUT2D eigenvalue weighted by atomic mass is 16.5. The van der Waals surface area contributed by atoms with E-state index in [-0.39, 0.29) is 0 Å². The maximum Gasteiger partial charge on any atom is 0.329 e. The number of carbonyl (C=O) groups is 2. The largest absolute Gasteiger partial charge is 0.480 e. The molecule has 0 saturated heterocycles. The number of amides is 2. The molecule has 0 bridgehead atoms. The molecule has 112 valence electrons. The van der Waals surface area contributed by atoms with Crippen molar-refractivity contribution in [2.75, 3.05) is 33.5 Å². The zero-order valence-electron chi connectivity index (χ0n) is 11.8. The van der Waals surface area contributed by atoms with Crippen LogP contribution in [0.25, 0.3) is 0 Å². The van der Waals surface area contributed by atoms with E-state index in [2.05, 4.69) is 10.6 Å². The number of carbonyl (C=O) groups excluding carboxylic acids is 1. The van der Waals surface area contributed by atoms with E-state index in [1.165, 1.54) is 6.92 Å². The summed E-state index contributed by atoms with van der Waals surface area (Å²) in [6, 6.07) is -0.507. The maximum absolute atomic E-state index is 11.5. The summed E-state index contributed by atoms with van der Waals surface area (Å²) >= 11 is 0. The Morgan fingerprint density at radius 2 is 1.95 bits per heavy atom. The van der Waals surface area contributed by atoms with E-state index in [1.54, 1.807) is 14.0 Å². The van der Waals surface area contributed by atoms with Gasteiger partial charge in [-0.15, -0.1) is 0 Å². The van der Waals surface area contributed by atoms with Crippen molar-refractivity contribution in [2.24, 2.45) is 0 Å². The minimum Gasteiger partial charge on any atom is -0.480 e. The van der Waals surface area contributed by atoms with E-state index in [9.17, 15) is 9.59 Å². The topological polar surface area (TPSA) is 96.9 Å². The summed E-state index contributed by atoms with van der Waals surface area (Å²) in [4.78, 5) is 22.5. The Morgan fingerprint density at radius 3 is 2.47 bits per heavy atom. The zero-order chi connectivity index (χ0) is 14.7. The minimum atomic E-state index is -1.25. The van der Waals surface area contributed by atoms with Crippen molar-refractivity contribution < 1.29 is 24.2 Å². The number of aliphatic carboxylic acids is 1. The second kappa shape index (κ2) is 9.57. The van der Waals surface area contributed by atoms with Crippen LogP contribution >= 0.6 is 0 Å². The van der Waals surface area contributed by atoms with Gasteiger partial charge in [0, 0.05) is 26.9 Å². The number of rotatable bonds is 10. The number of hydrogen-bond acceptors (Lipinski definition) is 4. The van der Waals surface area contributed by atoms with Gasteiger partial charge in [0.25, 0.3) is 0 Å². The third kappa shape index (κ3) is 7.63. The summed E-state index contributed by atoms with van der Waals surface area (Å²) in [6.45, 7) is 5.09. The van der Waals surface area contributed by atoms with Crippen LogP contribution in [0.5, 0.6) is 0 Å². The van der Waals surface area contributed by atoms with Crippen LogP contribution in [0.3, 0.4) is 0 Å². The Morgan fingerprint density at radius 1 is 1.26 bits per heavy atom. The predicted octanol–water partition coefficient (Wildman–Crippen LogP) is 0.592. The van der Waals surface area contributed by atoms with Crippen molar-refractivity contribution in [2.45, 2.75) is 32.2 Å². The Labute approximate surface area is 113 Å². The molecule has 3 N–H and O–H groups in total. The molecule has 2 amide bonds. The molecule has 1 atom stereocenters. The molecule has 0 radical (unpaired) electrons. The van der Waals surface area contributed by atoms with Crippen molar-refractivity contribution in [1.82, 2.24) is 10.6 Å². The standard InChI is InChI=1S/C12H24N2O5/c1-4-12(2,10(15)16)14-11(17)13-6-9-19-8-5-7-18-3/h4-9H2,1-3H3,(H,15,16)(H2,13,14,17). The highest BCUT2D eigenvalue weighted by Crippen LogP contribution is 2.08. The van der Waals surface area contributed by atoms with Gasteiger partial charge in [0.1, 0.15) is 5.54 Å². The molecule has 7 heteroatoms. The van der Waals surface area contributed by atoms with Crippen LogP contribution in [-0.4, -0.2) is 56.1 Å². The normalized spacial score (nSPS) is 13.6. The highest BCUT2D eigenvalue weighted by molar-refractivity contribution is 5.85. The number of carboxylic acids is 1. The smallest absolute Gasteiger partial charge is 0.329 e. The highest BCUT2D eigenvalue weighted by Gasteiger charge is 2.32. The van der Waals surface area contributed by atoms with Crippen LogP contribution in [0.4, 0.5) is 4.79 Å². The van der Waals surface area contributed by atoms with Gasteiger partial charge in [0.2, 0.25) is 0 Å². The lowest BCUT2D eigenvalue weighted by Gasteiger charge is -2.24. The Hall–Kier alpha value is -1.34. The first-order valence-corrected chi connectivity index (χ1v) is 6.32. The molecule has 0 fully saturated rings. The average Bonchev–Trinajstić information content (AvgIpc) is 2.37. The van der Waals surface area contributed by atoms with E-state index in [0.29, 0.717) is 32.8 Å². The van der Waals surface area contributed by atoms with E-state index in [0.717, 1.165) is 6.42 Å². The predicted molar refractivity (Wildman–Crippen MR) is 70.2 cm³/mol. The third-order valence-electron chi connectivity index (χ3n) is 2.74. The Bertz CT molecular complexity index is 285. The molecule has 19 heavy (non-hydrogen) atoms. The molecule has 0 aromatic carbocycles. The molecule has 0 aliphatic carbocycles. The van der Waals surface area contributed by atoms with Gasteiger partial charge in [-0.3, -0.25) is 0 Å². The lowest BCUT2D eigenvalue weighted by Crippen LogP contribution is -2.55. The number of urea groups is 1. The van der Waals surface area contributed by atoms with Crippen LogP contribution in [0.15, 0.2) is 0 Å². The lowest BCUT2D eigenvalue weighted by molar-refractivity contribution is -0.143. The molecular weight excluding hydrogens is 252 g/mol. The van der Waals surface area contributed by atoms with Gasteiger partial charge >= 0.3 is 12.0 Å². The molecule has 0 spiro atoms. The fraction of sp³-hybridized carbons (Fsp3) is 0.833. The minimum absolute atomic E-state index is 0.309. The zero-order valence-corrected chi connectivity index (χ0v) is 11.8. The van der Waals surface area contributed by atoms with Gasteiger partial charge in [-0.2, -0.15) is 0 Å². The van der Waals surface area contributed by atoms with Crippen molar-refractivity contribution in [3.05, 3.63) is 0 Å².